The van der Waals surface area contributed by atoms with Crippen LogP contribution >= 0.6 is 0 Å². The van der Waals surface area contributed by atoms with Crippen molar-refractivity contribution in [2.45, 2.75) is 44.7 Å². The Balaban J connectivity index is 1.82. The van der Waals surface area contributed by atoms with Crippen molar-refractivity contribution in [3.05, 3.63) is 93.6 Å². The summed E-state index contributed by atoms with van der Waals surface area (Å²) in [6.07, 6.45) is -4.08. The molecule has 0 radical (unpaired) electrons. The normalized spacial score (nSPS) is 20.7. The van der Waals surface area contributed by atoms with Crippen molar-refractivity contribution >= 4 is 11.8 Å². The number of alkyl halides is 3. The van der Waals surface area contributed by atoms with Crippen molar-refractivity contribution in [3.63, 3.8) is 0 Å². The Morgan fingerprint density at radius 2 is 1.79 bits per heavy atom. The number of rotatable bonds is 4. The number of ketones is 1. The van der Waals surface area contributed by atoms with Crippen LogP contribution in [-0.2, 0) is 20.5 Å². The standard InChI is InChI=1S/C26H23F4NO3/c1-3-34-25(33)22-14(2)31-20-12-17(15-7-9-19(27)10-8-15)13-21(32)24(20)23(22)16-5-4-6-18(11-16)26(28,29)30/h4-11,17,23,31H,3,12-13H2,1-2H3. The van der Waals surface area contributed by atoms with Gasteiger partial charge >= 0.3 is 12.1 Å². The van der Waals surface area contributed by atoms with Crippen LogP contribution in [-0.4, -0.2) is 18.4 Å². The van der Waals surface area contributed by atoms with Gasteiger partial charge in [0, 0.05) is 29.3 Å². The molecule has 0 spiro atoms. The van der Waals surface area contributed by atoms with Crippen LogP contribution in [0.15, 0.2) is 71.1 Å². The Morgan fingerprint density at radius 3 is 2.44 bits per heavy atom. The van der Waals surface area contributed by atoms with Gasteiger partial charge in [0.25, 0.3) is 0 Å². The number of hydrogen-bond acceptors (Lipinski definition) is 4. The molecule has 178 valence electrons. The van der Waals surface area contributed by atoms with Gasteiger partial charge < -0.3 is 10.1 Å². The maximum Gasteiger partial charge on any atom is 0.416 e. The van der Waals surface area contributed by atoms with Crippen LogP contribution in [0.2, 0.25) is 0 Å². The molecule has 0 fully saturated rings. The lowest BCUT2D eigenvalue weighted by atomic mass is 9.71. The van der Waals surface area contributed by atoms with Gasteiger partial charge in [-0.25, -0.2) is 9.18 Å². The van der Waals surface area contributed by atoms with Gasteiger partial charge in [0.15, 0.2) is 5.78 Å². The molecule has 8 heteroatoms. The summed E-state index contributed by atoms with van der Waals surface area (Å²) in [7, 11) is 0. The highest BCUT2D eigenvalue weighted by Gasteiger charge is 2.42. The molecule has 2 aliphatic rings. The van der Waals surface area contributed by atoms with E-state index in [9.17, 15) is 27.2 Å². The number of esters is 1. The van der Waals surface area contributed by atoms with Crippen LogP contribution in [0.3, 0.4) is 0 Å². The average molecular weight is 473 g/mol. The van der Waals surface area contributed by atoms with Crippen molar-refractivity contribution < 1.29 is 31.9 Å². The number of dihydropyridines is 1. The third-order valence-corrected chi connectivity index (χ3v) is 6.21. The van der Waals surface area contributed by atoms with Gasteiger partial charge in [-0.05, 0) is 55.5 Å². The van der Waals surface area contributed by atoms with E-state index in [1.54, 1.807) is 26.0 Å². The van der Waals surface area contributed by atoms with E-state index in [0.29, 0.717) is 17.8 Å². The van der Waals surface area contributed by atoms with Crippen molar-refractivity contribution in [1.82, 2.24) is 5.32 Å². The second kappa shape index (κ2) is 9.08. The van der Waals surface area contributed by atoms with Crippen molar-refractivity contribution in [2.24, 2.45) is 0 Å². The predicted octanol–water partition coefficient (Wildman–Crippen LogP) is 5.77. The van der Waals surface area contributed by atoms with Gasteiger partial charge in [-0.3, -0.25) is 4.79 Å². The maximum absolute atomic E-state index is 13.4. The van der Waals surface area contributed by atoms with Crippen molar-refractivity contribution in [2.75, 3.05) is 6.61 Å². The third kappa shape index (κ3) is 4.49. The molecule has 0 saturated carbocycles. The first-order valence-electron chi connectivity index (χ1n) is 10.9. The zero-order valence-electron chi connectivity index (χ0n) is 18.6. The van der Waals surface area contributed by atoms with Crippen LogP contribution in [0.4, 0.5) is 17.6 Å². The van der Waals surface area contributed by atoms with E-state index < -0.39 is 23.6 Å². The molecule has 2 atom stereocenters. The minimum absolute atomic E-state index is 0.0808. The Labute approximate surface area is 194 Å². The first-order valence-corrected chi connectivity index (χ1v) is 10.9. The summed E-state index contributed by atoms with van der Waals surface area (Å²) in [5.41, 5.74) is 1.49. The molecule has 0 aromatic heterocycles. The highest BCUT2D eigenvalue weighted by Crippen LogP contribution is 2.46. The first-order chi connectivity index (χ1) is 16.1. The Morgan fingerprint density at radius 1 is 1.09 bits per heavy atom. The number of allylic oxidation sites excluding steroid dienone is 3. The lowest BCUT2D eigenvalue weighted by Gasteiger charge is -2.36. The number of carbonyl (C=O) groups is 2. The first kappa shape index (κ1) is 23.7. The molecule has 2 aromatic carbocycles. The Kier molecular flexibility index (Phi) is 6.34. The van der Waals surface area contributed by atoms with Crippen LogP contribution in [0.5, 0.6) is 0 Å². The van der Waals surface area contributed by atoms with E-state index in [4.69, 9.17) is 4.74 Å². The molecule has 0 saturated heterocycles. The quantitative estimate of drug-likeness (QED) is 0.453. The third-order valence-electron chi connectivity index (χ3n) is 6.21. The lowest BCUT2D eigenvalue weighted by molar-refractivity contribution is -0.139. The number of hydrogen-bond donors (Lipinski definition) is 1. The van der Waals surface area contributed by atoms with Gasteiger partial charge in [-0.1, -0.05) is 30.3 Å². The van der Waals surface area contributed by atoms with Crippen LogP contribution in [0.25, 0.3) is 0 Å². The van der Waals surface area contributed by atoms with E-state index in [2.05, 4.69) is 5.32 Å². The largest absolute Gasteiger partial charge is 0.463 e. The molecule has 4 nitrogen and oxygen atoms in total. The molecule has 1 N–H and O–H groups in total. The fourth-order valence-electron chi connectivity index (χ4n) is 4.72. The van der Waals surface area contributed by atoms with E-state index in [1.165, 1.54) is 24.3 Å². The molecule has 2 unspecified atom stereocenters. The molecule has 1 aliphatic heterocycles. The summed E-state index contributed by atoms with van der Waals surface area (Å²) in [5, 5.41) is 3.14. The van der Waals surface area contributed by atoms with E-state index >= 15 is 0 Å². The monoisotopic (exact) mass is 473 g/mol. The zero-order chi connectivity index (χ0) is 24.6. The number of carbonyl (C=O) groups excluding carboxylic acids is 2. The number of halogens is 4. The number of benzene rings is 2. The van der Waals surface area contributed by atoms with Gasteiger partial charge in [0.2, 0.25) is 0 Å². The SMILES string of the molecule is CCOC(=O)C1=C(C)NC2=C(C(=O)CC(c3ccc(F)cc3)C2)C1c1cccc(C(F)(F)F)c1. The average Bonchev–Trinajstić information content (AvgIpc) is 2.78. The molecule has 1 heterocycles. The molecule has 34 heavy (non-hydrogen) atoms. The van der Waals surface area contributed by atoms with E-state index in [-0.39, 0.29) is 47.3 Å². The fourth-order valence-corrected chi connectivity index (χ4v) is 4.72. The smallest absolute Gasteiger partial charge is 0.416 e. The fraction of sp³-hybridized carbons (Fsp3) is 0.308. The molecule has 0 amide bonds. The van der Waals surface area contributed by atoms with Crippen molar-refractivity contribution in [1.29, 1.82) is 0 Å². The van der Waals surface area contributed by atoms with E-state index in [0.717, 1.165) is 17.7 Å². The summed E-state index contributed by atoms with van der Waals surface area (Å²) in [6, 6.07) is 10.6. The highest BCUT2D eigenvalue weighted by molar-refractivity contribution is 6.04. The second-order valence-electron chi connectivity index (χ2n) is 8.41. The maximum atomic E-state index is 13.4. The summed E-state index contributed by atoms with van der Waals surface area (Å²) >= 11 is 0. The minimum Gasteiger partial charge on any atom is -0.463 e. The Hall–Kier alpha value is -3.42. The Bertz CT molecular complexity index is 1200. The number of nitrogens with one attached hydrogen (secondary N) is 1. The van der Waals surface area contributed by atoms with Gasteiger partial charge in [-0.15, -0.1) is 0 Å². The molecule has 1 aliphatic carbocycles. The van der Waals surface area contributed by atoms with E-state index in [1.807, 2.05) is 0 Å². The van der Waals surface area contributed by atoms with Crippen LogP contribution in [0, 0.1) is 5.82 Å². The van der Waals surface area contributed by atoms with Gasteiger partial charge in [0.1, 0.15) is 5.82 Å². The molecule has 4 rings (SSSR count). The van der Waals surface area contributed by atoms with Crippen molar-refractivity contribution in [3.8, 4) is 0 Å². The summed E-state index contributed by atoms with van der Waals surface area (Å²) < 4.78 is 58.9. The number of Topliss-reactive ketones (excluding diaryl/α,β-unsaturated/α-hetero) is 1. The zero-order valence-corrected chi connectivity index (χ0v) is 18.6. The summed E-state index contributed by atoms with van der Waals surface area (Å²) in [5.74, 6) is -2.56. The summed E-state index contributed by atoms with van der Waals surface area (Å²) in [4.78, 5) is 26.3. The van der Waals surface area contributed by atoms with Gasteiger partial charge in [0.05, 0.1) is 17.7 Å². The lowest BCUT2D eigenvalue weighted by Crippen LogP contribution is -2.36. The van der Waals surface area contributed by atoms with Crippen LogP contribution < -0.4 is 5.32 Å². The topological polar surface area (TPSA) is 55.4 Å². The van der Waals surface area contributed by atoms with Crippen LogP contribution in [0.1, 0.15) is 55.2 Å². The van der Waals surface area contributed by atoms with Gasteiger partial charge in [-0.2, -0.15) is 13.2 Å². The molecular formula is C26H23F4NO3. The predicted molar refractivity (Wildman–Crippen MR) is 117 cm³/mol. The second-order valence-corrected chi connectivity index (χ2v) is 8.41. The highest BCUT2D eigenvalue weighted by atomic mass is 19.4. The molecular weight excluding hydrogens is 450 g/mol. The number of ether oxygens (including phenoxy) is 1. The molecule has 0 bridgehead atoms. The molecule has 2 aromatic rings. The summed E-state index contributed by atoms with van der Waals surface area (Å²) in [6.45, 7) is 3.35. The minimum atomic E-state index is -4.58.